The van der Waals surface area contributed by atoms with E-state index in [2.05, 4.69) is 17.5 Å². The van der Waals surface area contributed by atoms with E-state index in [-0.39, 0.29) is 24.2 Å². The van der Waals surface area contributed by atoms with Crippen LogP contribution in [0.3, 0.4) is 0 Å². The number of methoxy groups -OCH3 is 1. The molecule has 5 nitrogen and oxygen atoms in total. The molecule has 0 spiro atoms. The number of amides is 2. The standard InChI is InChI=1S/C30H31ClN2O3/c1-36-27-18-16-26(17-19-27)32-30(35)29(24-10-6-3-7-11-24)33(21-23-12-14-25(31)15-13-23)28(34)20-22-8-4-2-5-9-22/h2-6,8-9,12-19,24,29H,7,10-11,20-21H2,1H3,(H,32,35)/t24-,29-/m0/s1. The smallest absolute Gasteiger partial charge is 0.247 e. The number of benzene rings is 3. The van der Waals surface area contributed by atoms with Crippen molar-refractivity contribution >= 4 is 29.1 Å². The Hall–Kier alpha value is -3.57. The van der Waals surface area contributed by atoms with Crippen LogP contribution in [0.1, 0.15) is 30.4 Å². The van der Waals surface area contributed by atoms with Gasteiger partial charge in [-0.3, -0.25) is 9.59 Å². The Morgan fingerprint density at radius 3 is 2.33 bits per heavy atom. The van der Waals surface area contributed by atoms with Gasteiger partial charge in [0, 0.05) is 17.3 Å². The molecule has 4 rings (SSSR count). The number of ether oxygens (including phenoxy) is 1. The van der Waals surface area contributed by atoms with Crippen LogP contribution in [0.15, 0.2) is 91.0 Å². The van der Waals surface area contributed by atoms with E-state index in [1.165, 1.54) is 0 Å². The molecule has 1 N–H and O–H groups in total. The molecule has 0 fully saturated rings. The van der Waals surface area contributed by atoms with E-state index in [9.17, 15) is 9.59 Å². The first-order chi connectivity index (χ1) is 17.5. The molecule has 1 aliphatic carbocycles. The summed E-state index contributed by atoms with van der Waals surface area (Å²) in [7, 11) is 1.60. The lowest BCUT2D eigenvalue weighted by Crippen LogP contribution is -2.51. The Balaban J connectivity index is 1.66. The van der Waals surface area contributed by atoms with Crippen LogP contribution >= 0.6 is 11.6 Å². The largest absolute Gasteiger partial charge is 0.497 e. The van der Waals surface area contributed by atoms with Crippen LogP contribution in [-0.2, 0) is 22.6 Å². The molecule has 36 heavy (non-hydrogen) atoms. The molecule has 0 aliphatic heterocycles. The number of rotatable bonds is 9. The third-order valence-electron chi connectivity index (χ3n) is 6.50. The summed E-state index contributed by atoms with van der Waals surface area (Å²) in [5.41, 5.74) is 2.51. The number of allylic oxidation sites excluding steroid dienone is 2. The summed E-state index contributed by atoms with van der Waals surface area (Å²) in [6.45, 7) is 0.323. The minimum Gasteiger partial charge on any atom is -0.497 e. The quantitative estimate of drug-likeness (QED) is 0.350. The summed E-state index contributed by atoms with van der Waals surface area (Å²) in [5, 5.41) is 3.68. The fraction of sp³-hybridized carbons (Fsp3) is 0.267. The van der Waals surface area contributed by atoms with Crippen LogP contribution in [0.2, 0.25) is 5.02 Å². The summed E-state index contributed by atoms with van der Waals surface area (Å²) < 4.78 is 5.24. The Labute approximate surface area is 217 Å². The molecule has 0 saturated heterocycles. The van der Waals surface area contributed by atoms with Gasteiger partial charge in [-0.25, -0.2) is 0 Å². The first-order valence-corrected chi connectivity index (χ1v) is 12.6. The first-order valence-electron chi connectivity index (χ1n) is 12.2. The van der Waals surface area contributed by atoms with Crippen molar-refractivity contribution in [2.45, 2.75) is 38.3 Å². The zero-order valence-electron chi connectivity index (χ0n) is 20.4. The predicted molar refractivity (Wildman–Crippen MR) is 144 cm³/mol. The van der Waals surface area contributed by atoms with Gasteiger partial charge in [0.25, 0.3) is 0 Å². The van der Waals surface area contributed by atoms with Gasteiger partial charge >= 0.3 is 0 Å². The molecule has 3 aromatic carbocycles. The number of nitrogens with one attached hydrogen (secondary N) is 1. The van der Waals surface area contributed by atoms with Gasteiger partial charge in [0.05, 0.1) is 13.5 Å². The zero-order chi connectivity index (χ0) is 25.3. The molecule has 186 valence electrons. The Kier molecular flexibility index (Phi) is 8.80. The van der Waals surface area contributed by atoms with Crippen LogP contribution in [-0.4, -0.2) is 29.9 Å². The van der Waals surface area contributed by atoms with E-state index >= 15 is 0 Å². The van der Waals surface area contributed by atoms with E-state index in [0.717, 1.165) is 30.4 Å². The second-order valence-electron chi connectivity index (χ2n) is 9.02. The van der Waals surface area contributed by atoms with Crippen molar-refractivity contribution in [1.82, 2.24) is 4.90 Å². The maximum atomic E-state index is 13.8. The normalized spacial score (nSPS) is 15.7. The number of halogens is 1. The molecule has 3 aromatic rings. The molecule has 0 saturated carbocycles. The number of carbonyl (C=O) groups is 2. The summed E-state index contributed by atoms with van der Waals surface area (Å²) in [4.78, 5) is 29.4. The van der Waals surface area contributed by atoms with Crippen molar-refractivity contribution in [3.63, 3.8) is 0 Å². The SMILES string of the molecule is COc1ccc(NC(=O)[C@H]([C@H]2CC=CCC2)N(Cc2ccc(Cl)cc2)C(=O)Cc2ccccc2)cc1. The van der Waals surface area contributed by atoms with Gasteiger partial charge in [0.15, 0.2) is 0 Å². The number of carbonyl (C=O) groups excluding carboxylic acids is 2. The molecule has 0 unspecified atom stereocenters. The average molecular weight is 503 g/mol. The molecule has 0 radical (unpaired) electrons. The number of hydrogen-bond acceptors (Lipinski definition) is 3. The lowest BCUT2D eigenvalue weighted by molar-refractivity contribution is -0.141. The molecule has 1 aliphatic rings. The van der Waals surface area contributed by atoms with Crippen LogP contribution < -0.4 is 10.1 Å². The number of nitrogens with zero attached hydrogens (tertiary/aromatic N) is 1. The summed E-state index contributed by atoms with van der Waals surface area (Å²) in [6, 6.07) is 23.7. The third kappa shape index (κ3) is 6.76. The average Bonchev–Trinajstić information content (AvgIpc) is 2.91. The van der Waals surface area contributed by atoms with E-state index in [4.69, 9.17) is 16.3 Å². The highest BCUT2D eigenvalue weighted by Gasteiger charge is 2.36. The Morgan fingerprint density at radius 2 is 1.69 bits per heavy atom. The molecule has 2 amide bonds. The van der Waals surface area contributed by atoms with Gasteiger partial charge in [-0.05, 0) is 72.7 Å². The van der Waals surface area contributed by atoms with Crippen molar-refractivity contribution in [2.75, 3.05) is 12.4 Å². The molecule has 0 bridgehead atoms. The van der Waals surface area contributed by atoms with Gasteiger partial charge in [-0.15, -0.1) is 0 Å². The van der Waals surface area contributed by atoms with Crippen LogP contribution in [0.5, 0.6) is 5.75 Å². The van der Waals surface area contributed by atoms with Crippen molar-refractivity contribution < 1.29 is 14.3 Å². The third-order valence-corrected chi connectivity index (χ3v) is 6.75. The van der Waals surface area contributed by atoms with Crippen molar-refractivity contribution in [3.05, 3.63) is 107 Å². The Bertz CT molecular complexity index is 1180. The molecular formula is C30H31ClN2O3. The maximum absolute atomic E-state index is 13.8. The Morgan fingerprint density at radius 1 is 0.972 bits per heavy atom. The summed E-state index contributed by atoms with van der Waals surface area (Å²) in [6.07, 6.45) is 6.96. The second kappa shape index (κ2) is 12.4. The summed E-state index contributed by atoms with van der Waals surface area (Å²) in [5.74, 6) is 0.459. The second-order valence-corrected chi connectivity index (χ2v) is 9.45. The topological polar surface area (TPSA) is 58.6 Å². The van der Waals surface area contributed by atoms with E-state index < -0.39 is 6.04 Å². The van der Waals surface area contributed by atoms with Crippen LogP contribution in [0.4, 0.5) is 5.69 Å². The monoisotopic (exact) mass is 502 g/mol. The van der Waals surface area contributed by atoms with Crippen molar-refractivity contribution in [3.8, 4) is 5.75 Å². The lowest BCUT2D eigenvalue weighted by Gasteiger charge is -2.37. The van der Waals surface area contributed by atoms with Crippen LogP contribution in [0.25, 0.3) is 0 Å². The molecular weight excluding hydrogens is 472 g/mol. The fourth-order valence-electron chi connectivity index (χ4n) is 4.60. The molecule has 6 heteroatoms. The summed E-state index contributed by atoms with van der Waals surface area (Å²) >= 11 is 6.10. The highest BCUT2D eigenvalue weighted by Crippen LogP contribution is 2.29. The molecule has 0 heterocycles. The van der Waals surface area contributed by atoms with Gasteiger partial charge in [0.2, 0.25) is 11.8 Å². The van der Waals surface area contributed by atoms with Gasteiger partial charge < -0.3 is 15.0 Å². The van der Waals surface area contributed by atoms with Crippen LogP contribution in [0, 0.1) is 5.92 Å². The van der Waals surface area contributed by atoms with E-state index in [1.54, 1.807) is 24.1 Å². The molecule has 0 aromatic heterocycles. The highest BCUT2D eigenvalue weighted by atomic mass is 35.5. The fourth-order valence-corrected chi connectivity index (χ4v) is 4.73. The van der Waals surface area contributed by atoms with Gasteiger partial charge in [0.1, 0.15) is 11.8 Å². The van der Waals surface area contributed by atoms with Crippen molar-refractivity contribution in [1.29, 1.82) is 0 Å². The number of anilines is 1. The highest BCUT2D eigenvalue weighted by molar-refractivity contribution is 6.30. The van der Waals surface area contributed by atoms with Gasteiger partial charge in [-0.1, -0.05) is 66.2 Å². The minimum absolute atomic E-state index is 0.0141. The van der Waals surface area contributed by atoms with E-state index in [1.807, 2.05) is 66.7 Å². The minimum atomic E-state index is -0.621. The van der Waals surface area contributed by atoms with E-state index in [0.29, 0.717) is 23.0 Å². The van der Waals surface area contributed by atoms with Gasteiger partial charge in [-0.2, -0.15) is 0 Å². The van der Waals surface area contributed by atoms with Crippen molar-refractivity contribution in [2.24, 2.45) is 5.92 Å². The zero-order valence-corrected chi connectivity index (χ0v) is 21.2. The molecule has 2 atom stereocenters. The number of hydrogen-bond donors (Lipinski definition) is 1. The first kappa shape index (κ1) is 25.5. The maximum Gasteiger partial charge on any atom is 0.247 e. The predicted octanol–water partition coefficient (Wildman–Crippen LogP) is 6.28. The lowest BCUT2D eigenvalue weighted by atomic mass is 9.85.